The zero-order chi connectivity index (χ0) is 20.5. The Labute approximate surface area is 164 Å². The van der Waals surface area contributed by atoms with Gasteiger partial charge < -0.3 is 19.3 Å². The molecule has 0 amide bonds. The van der Waals surface area contributed by atoms with Crippen LogP contribution in [0.25, 0.3) is 0 Å². The van der Waals surface area contributed by atoms with Crippen molar-refractivity contribution in [3.05, 3.63) is 23.3 Å². The number of cyclic esters (lactones) is 1. The fraction of sp³-hybridized carbons (Fsp3) is 0.650. The lowest BCUT2D eigenvalue weighted by molar-refractivity contribution is -0.174. The second-order valence-electron chi connectivity index (χ2n) is 7.69. The molecule has 8 heteroatoms. The van der Waals surface area contributed by atoms with E-state index in [0.717, 1.165) is 12.1 Å². The molecule has 3 aliphatic rings. The molecule has 154 valence electrons. The number of aliphatic hydroxyl groups is 1. The smallest absolute Gasteiger partial charge is 0.338 e. The van der Waals surface area contributed by atoms with Gasteiger partial charge in [0.1, 0.15) is 12.7 Å². The van der Waals surface area contributed by atoms with Crippen LogP contribution in [0, 0.1) is 5.92 Å². The van der Waals surface area contributed by atoms with Crippen LogP contribution in [0.3, 0.4) is 0 Å². The van der Waals surface area contributed by atoms with E-state index in [2.05, 4.69) is 4.90 Å². The van der Waals surface area contributed by atoms with Gasteiger partial charge in [0.25, 0.3) is 0 Å². The van der Waals surface area contributed by atoms with E-state index in [1.54, 1.807) is 13.0 Å². The van der Waals surface area contributed by atoms with Gasteiger partial charge in [-0.25, -0.2) is 9.59 Å². The number of nitrogens with zero attached hydrogens (tertiary/aromatic N) is 1. The van der Waals surface area contributed by atoms with Gasteiger partial charge in [0.05, 0.1) is 12.6 Å². The van der Waals surface area contributed by atoms with Crippen molar-refractivity contribution < 1.29 is 33.7 Å². The van der Waals surface area contributed by atoms with Gasteiger partial charge in [-0.1, -0.05) is 12.2 Å². The SMILES string of the molecule is C/C=C1\C[C@@H](COC(C)=O)[C@](C)(O)C(=O)OCC2=CCN3CC[C@@H](OC1=O)[C@H]23. The first-order valence-corrected chi connectivity index (χ1v) is 9.56. The highest BCUT2D eigenvalue weighted by Crippen LogP contribution is 2.34. The zero-order valence-electron chi connectivity index (χ0n) is 16.5. The third-order valence-corrected chi connectivity index (χ3v) is 5.82. The average molecular weight is 393 g/mol. The van der Waals surface area contributed by atoms with Crippen molar-refractivity contribution in [1.82, 2.24) is 4.90 Å². The van der Waals surface area contributed by atoms with Crippen LogP contribution in [0.15, 0.2) is 23.3 Å². The largest absolute Gasteiger partial charge is 0.465 e. The second-order valence-corrected chi connectivity index (χ2v) is 7.69. The third kappa shape index (κ3) is 3.98. The molecule has 2 saturated heterocycles. The van der Waals surface area contributed by atoms with Gasteiger partial charge in [0.15, 0.2) is 5.60 Å². The van der Waals surface area contributed by atoms with E-state index in [-0.39, 0.29) is 31.8 Å². The molecular formula is C20H27NO7. The summed E-state index contributed by atoms with van der Waals surface area (Å²) < 4.78 is 16.2. The molecule has 3 rings (SSSR count). The Hall–Kier alpha value is -2.19. The van der Waals surface area contributed by atoms with Crippen molar-refractivity contribution in [3.8, 4) is 0 Å². The molecule has 2 fully saturated rings. The van der Waals surface area contributed by atoms with Crippen LogP contribution >= 0.6 is 0 Å². The molecule has 8 nitrogen and oxygen atoms in total. The molecule has 0 aromatic carbocycles. The van der Waals surface area contributed by atoms with Crippen LogP contribution in [0.4, 0.5) is 0 Å². The van der Waals surface area contributed by atoms with Crippen molar-refractivity contribution in [2.24, 2.45) is 5.92 Å². The summed E-state index contributed by atoms with van der Waals surface area (Å²) in [5.41, 5.74) is -0.733. The highest BCUT2D eigenvalue weighted by Gasteiger charge is 2.46. The Morgan fingerprint density at radius 1 is 1.46 bits per heavy atom. The fourth-order valence-corrected chi connectivity index (χ4v) is 4.02. The number of hydrogen-bond acceptors (Lipinski definition) is 8. The van der Waals surface area contributed by atoms with E-state index in [1.807, 2.05) is 6.08 Å². The highest BCUT2D eigenvalue weighted by molar-refractivity contribution is 5.89. The Balaban J connectivity index is 1.90. The van der Waals surface area contributed by atoms with Crippen LogP contribution in [0.2, 0.25) is 0 Å². The maximum atomic E-state index is 12.8. The second kappa shape index (κ2) is 8.05. The lowest BCUT2D eigenvalue weighted by atomic mass is 9.84. The first kappa shape index (κ1) is 20.5. The van der Waals surface area contributed by atoms with Gasteiger partial charge in [-0.2, -0.15) is 0 Å². The van der Waals surface area contributed by atoms with Gasteiger partial charge in [-0.05, 0) is 32.3 Å². The number of ether oxygens (including phenoxy) is 3. The average Bonchev–Trinajstić information content (AvgIpc) is 3.21. The monoisotopic (exact) mass is 393 g/mol. The van der Waals surface area contributed by atoms with Crippen molar-refractivity contribution in [1.29, 1.82) is 0 Å². The van der Waals surface area contributed by atoms with Gasteiger partial charge in [0, 0.05) is 31.5 Å². The van der Waals surface area contributed by atoms with Gasteiger partial charge in [0.2, 0.25) is 0 Å². The molecule has 0 radical (unpaired) electrons. The molecule has 1 N–H and O–H groups in total. The molecule has 0 spiro atoms. The summed E-state index contributed by atoms with van der Waals surface area (Å²) in [7, 11) is 0. The molecule has 4 atom stereocenters. The molecule has 3 aliphatic heterocycles. The number of hydrogen-bond donors (Lipinski definition) is 1. The lowest BCUT2D eigenvalue weighted by Crippen LogP contribution is -2.48. The Morgan fingerprint density at radius 3 is 2.89 bits per heavy atom. The van der Waals surface area contributed by atoms with E-state index in [9.17, 15) is 19.5 Å². The van der Waals surface area contributed by atoms with Crippen LogP contribution in [0.5, 0.6) is 0 Å². The van der Waals surface area contributed by atoms with Crippen molar-refractivity contribution in [2.45, 2.75) is 51.4 Å². The molecule has 28 heavy (non-hydrogen) atoms. The molecule has 0 unspecified atom stereocenters. The lowest BCUT2D eigenvalue weighted by Gasteiger charge is -2.32. The summed E-state index contributed by atoms with van der Waals surface area (Å²) in [5.74, 6) is -2.67. The van der Waals surface area contributed by atoms with Crippen molar-refractivity contribution in [2.75, 3.05) is 26.3 Å². The molecule has 0 bridgehead atoms. The minimum atomic E-state index is -1.93. The van der Waals surface area contributed by atoms with Crippen molar-refractivity contribution in [3.63, 3.8) is 0 Å². The summed E-state index contributed by atoms with van der Waals surface area (Å²) >= 11 is 0. The van der Waals surface area contributed by atoms with Crippen molar-refractivity contribution >= 4 is 17.9 Å². The maximum Gasteiger partial charge on any atom is 0.338 e. The predicted molar refractivity (Wildman–Crippen MR) is 98.0 cm³/mol. The first-order chi connectivity index (χ1) is 13.2. The van der Waals surface area contributed by atoms with Crippen LogP contribution in [-0.4, -0.2) is 72.0 Å². The zero-order valence-corrected chi connectivity index (χ0v) is 16.5. The normalized spacial score (nSPS) is 35.4. The van der Waals surface area contributed by atoms with Gasteiger partial charge in [-0.15, -0.1) is 0 Å². The van der Waals surface area contributed by atoms with Crippen LogP contribution in [0.1, 0.15) is 33.6 Å². The quantitative estimate of drug-likeness (QED) is 0.317. The van der Waals surface area contributed by atoms with Crippen LogP contribution < -0.4 is 0 Å². The van der Waals surface area contributed by atoms with E-state index < -0.39 is 29.4 Å². The Bertz CT molecular complexity index is 724. The summed E-state index contributed by atoms with van der Waals surface area (Å²) in [6, 6.07) is -0.101. The molecular weight excluding hydrogens is 366 g/mol. The minimum absolute atomic E-state index is 0.0223. The molecule has 0 aromatic rings. The van der Waals surface area contributed by atoms with E-state index in [4.69, 9.17) is 14.2 Å². The van der Waals surface area contributed by atoms with Gasteiger partial charge >= 0.3 is 17.9 Å². The summed E-state index contributed by atoms with van der Waals surface area (Å²) in [4.78, 5) is 38.9. The number of carbonyl (C=O) groups is 3. The number of esters is 3. The molecule has 3 heterocycles. The summed E-state index contributed by atoms with van der Waals surface area (Å²) in [6.07, 6.45) is 4.02. The Morgan fingerprint density at radius 2 is 2.21 bits per heavy atom. The van der Waals surface area contributed by atoms with E-state index in [1.165, 1.54) is 13.8 Å². The molecule has 0 aliphatic carbocycles. The summed E-state index contributed by atoms with van der Waals surface area (Å²) in [6.45, 7) is 5.58. The number of allylic oxidation sites excluding steroid dienone is 1. The molecule has 0 saturated carbocycles. The number of carbonyl (C=O) groups excluding carboxylic acids is 3. The third-order valence-electron chi connectivity index (χ3n) is 5.82. The standard InChI is InChI=1S/C20H27NO7/c1-4-13-9-15(11-26-12(2)22)20(3,25)19(24)27-10-14-5-7-21-8-6-16(17(14)21)28-18(13)23/h4-5,15-17,25H,6-11H2,1-3H3/b13-4+/t15-,16+,17-,20-/m0/s1. The number of rotatable bonds is 2. The Kier molecular flexibility index (Phi) is 5.90. The van der Waals surface area contributed by atoms with Crippen LogP contribution in [-0.2, 0) is 28.6 Å². The van der Waals surface area contributed by atoms with E-state index in [0.29, 0.717) is 18.5 Å². The summed E-state index contributed by atoms with van der Waals surface area (Å²) in [5, 5.41) is 10.9. The maximum absolute atomic E-state index is 12.8. The highest BCUT2D eigenvalue weighted by atomic mass is 16.6. The molecule has 0 aromatic heterocycles. The topological polar surface area (TPSA) is 102 Å². The predicted octanol–water partition coefficient (Wildman–Crippen LogP) is 0.736. The van der Waals surface area contributed by atoms with E-state index >= 15 is 0 Å². The first-order valence-electron chi connectivity index (χ1n) is 9.56. The fourth-order valence-electron chi connectivity index (χ4n) is 4.02. The van der Waals surface area contributed by atoms with Gasteiger partial charge in [-0.3, -0.25) is 9.69 Å². The minimum Gasteiger partial charge on any atom is -0.465 e.